The van der Waals surface area contributed by atoms with Crippen molar-refractivity contribution in [3.63, 3.8) is 0 Å². The van der Waals surface area contributed by atoms with Crippen molar-refractivity contribution < 1.29 is 8.42 Å². The Morgan fingerprint density at radius 2 is 2.10 bits per heavy atom. The maximum atomic E-state index is 12.5. The van der Waals surface area contributed by atoms with Crippen LogP contribution in [-0.2, 0) is 21.4 Å². The van der Waals surface area contributed by atoms with Crippen LogP contribution >= 0.6 is 27.5 Å². The summed E-state index contributed by atoms with van der Waals surface area (Å²) in [5.74, 6) is 0. The van der Waals surface area contributed by atoms with E-state index in [0.717, 1.165) is 11.4 Å². The van der Waals surface area contributed by atoms with Crippen molar-refractivity contribution in [2.24, 2.45) is 8.73 Å². The van der Waals surface area contributed by atoms with Gasteiger partial charge in [-0.05, 0) is 34.1 Å². The normalized spacial score (nSPS) is 12.9. The van der Waals surface area contributed by atoms with Crippen LogP contribution in [0.2, 0.25) is 5.15 Å². The van der Waals surface area contributed by atoms with E-state index < -0.39 is 10.0 Å². The zero-order valence-corrected chi connectivity index (χ0v) is 14.1. The summed E-state index contributed by atoms with van der Waals surface area (Å²) in [6.45, 7) is 0. The monoisotopic (exact) mass is 404 g/mol. The Morgan fingerprint density at radius 1 is 1.29 bits per heavy atom. The average Bonchev–Trinajstić information content (AvgIpc) is 2.90. The zero-order chi connectivity index (χ0) is 15.0. The third kappa shape index (κ3) is 2.86. The standard InChI is InChI=1S/C11H6BrClN4O2S2/c12-7-4-6(5-14-11(7)13)17-21(18,19)9-3-1-2-8-10(9)16-20-15-8/h1-5,17H. The number of benzene rings is 1. The molecule has 2 heterocycles. The lowest BCUT2D eigenvalue weighted by molar-refractivity contribution is 0.601. The first kappa shape index (κ1) is 14.6. The first-order valence-corrected chi connectivity index (χ1v) is 8.91. The summed E-state index contributed by atoms with van der Waals surface area (Å²) < 4.78 is 35.9. The van der Waals surface area contributed by atoms with Crippen molar-refractivity contribution >= 4 is 66.0 Å². The molecule has 0 fully saturated rings. The van der Waals surface area contributed by atoms with Gasteiger partial charge in [-0.3, -0.25) is 4.72 Å². The Hall–Kier alpha value is -1.29. The molecule has 0 radical (unpaired) electrons. The Balaban J connectivity index is 2.00. The van der Waals surface area contributed by atoms with Crippen LogP contribution in [0.5, 0.6) is 0 Å². The molecular weight excluding hydrogens is 400 g/mol. The second-order valence-corrected chi connectivity index (χ2v) is 7.38. The van der Waals surface area contributed by atoms with E-state index in [1.54, 1.807) is 12.1 Å². The molecule has 0 atom stereocenters. The number of hydrogen-bond donors (Lipinski definition) is 1. The second-order valence-electron chi connectivity index (χ2n) is 3.99. The maximum absolute atomic E-state index is 12.5. The second kappa shape index (κ2) is 5.48. The van der Waals surface area contributed by atoms with Gasteiger partial charge < -0.3 is 0 Å². The fourth-order valence-electron chi connectivity index (χ4n) is 1.69. The van der Waals surface area contributed by atoms with Crippen LogP contribution in [0.25, 0.3) is 0 Å². The molecule has 0 saturated carbocycles. The van der Waals surface area contributed by atoms with Crippen LogP contribution in [0.3, 0.4) is 0 Å². The quantitative estimate of drug-likeness (QED) is 0.668. The maximum Gasteiger partial charge on any atom is 0.264 e. The number of fused-ring (bicyclic) bond motifs is 1. The number of pyridine rings is 1. The third-order valence-corrected chi connectivity index (χ3v) is 5.68. The zero-order valence-electron chi connectivity index (χ0n) is 10.1. The molecule has 1 aliphatic rings. The topological polar surface area (TPSA) is 83.8 Å². The fourth-order valence-corrected chi connectivity index (χ4v) is 3.94. The molecule has 0 saturated heterocycles. The van der Waals surface area contributed by atoms with Crippen LogP contribution in [0.15, 0.2) is 48.6 Å². The summed E-state index contributed by atoms with van der Waals surface area (Å²) >= 11 is 9.94. The molecule has 0 aliphatic carbocycles. The van der Waals surface area contributed by atoms with Crippen LogP contribution in [0.1, 0.15) is 0 Å². The predicted octanol–water partition coefficient (Wildman–Crippen LogP) is 4.02. The number of anilines is 1. The van der Waals surface area contributed by atoms with Gasteiger partial charge in [0.1, 0.15) is 21.4 Å². The molecule has 3 rings (SSSR count). The van der Waals surface area contributed by atoms with Crippen LogP contribution in [0, 0.1) is 0 Å². The van der Waals surface area contributed by atoms with Gasteiger partial charge in [0.2, 0.25) is 0 Å². The van der Waals surface area contributed by atoms with Crippen LogP contribution < -0.4 is 4.72 Å². The Kier molecular flexibility index (Phi) is 3.82. The summed E-state index contributed by atoms with van der Waals surface area (Å²) in [4.78, 5) is 3.94. The van der Waals surface area contributed by atoms with Crippen molar-refractivity contribution in [2.75, 3.05) is 4.72 Å². The van der Waals surface area contributed by atoms with Gasteiger partial charge in [-0.15, -0.1) is 0 Å². The van der Waals surface area contributed by atoms with Crippen molar-refractivity contribution in [3.05, 3.63) is 40.1 Å². The van der Waals surface area contributed by atoms with Crippen molar-refractivity contribution in [3.8, 4) is 0 Å². The highest BCUT2D eigenvalue weighted by molar-refractivity contribution is 9.10. The van der Waals surface area contributed by atoms with Gasteiger partial charge in [-0.1, -0.05) is 17.7 Å². The van der Waals surface area contributed by atoms with Crippen molar-refractivity contribution in [2.45, 2.75) is 4.90 Å². The first-order chi connectivity index (χ1) is 9.97. The highest BCUT2D eigenvalue weighted by Gasteiger charge is 2.22. The lowest BCUT2D eigenvalue weighted by atomic mass is 10.3. The van der Waals surface area contributed by atoms with Gasteiger partial charge in [0, 0.05) is 0 Å². The molecule has 10 heteroatoms. The van der Waals surface area contributed by atoms with E-state index in [0.29, 0.717) is 21.5 Å². The summed E-state index contributed by atoms with van der Waals surface area (Å²) in [6.07, 6.45) is 1.34. The molecule has 1 N–H and O–H groups in total. The molecule has 108 valence electrons. The lowest BCUT2D eigenvalue weighted by Crippen LogP contribution is -2.13. The number of halogens is 2. The number of nitrogens with zero attached hydrogens (tertiary/aromatic N) is 3. The van der Waals surface area contributed by atoms with E-state index in [1.165, 1.54) is 18.3 Å². The number of hydrogen-bond acceptors (Lipinski definition) is 5. The van der Waals surface area contributed by atoms with Gasteiger partial charge in [0.05, 0.1) is 27.7 Å². The Labute approximate surface area is 137 Å². The van der Waals surface area contributed by atoms with Gasteiger partial charge in [0.25, 0.3) is 10.0 Å². The van der Waals surface area contributed by atoms with E-state index in [9.17, 15) is 8.42 Å². The summed E-state index contributed by atoms with van der Waals surface area (Å²) in [6, 6.07) is 6.34. The minimum atomic E-state index is -3.79. The molecule has 0 unspecified atom stereocenters. The highest BCUT2D eigenvalue weighted by Crippen LogP contribution is 2.38. The first-order valence-electron chi connectivity index (χ1n) is 5.52. The van der Waals surface area contributed by atoms with Gasteiger partial charge in [-0.2, -0.15) is 8.73 Å². The van der Waals surface area contributed by atoms with Crippen LogP contribution in [0.4, 0.5) is 17.1 Å². The van der Waals surface area contributed by atoms with E-state index in [-0.39, 0.29) is 10.0 Å². The number of aromatic nitrogens is 1. The lowest BCUT2D eigenvalue weighted by Gasteiger charge is -2.10. The molecule has 1 aromatic carbocycles. The Bertz CT molecular complexity index is 910. The van der Waals surface area contributed by atoms with Gasteiger partial charge in [-0.25, -0.2) is 13.4 Å². The summed E-state index contributed by atoms with van der Waals surface area (Å²) in [7, 11) is -3.79. The molecule has 0 bridgehead atoms. The summed E-state index contributed by atoms with van der Waals surface area (Å²) in [5.41, 5.74) is 1.18. The highest BCUT2D eigenvalue weighted by atomic mass is 79.9. The molecule has 2 aromatic rings. The third-order valence-electron chi connectivity index (χ3n) is 2.59. The summed E-state index contributed by atoms with van der Waals surface area (Å²) in [5, 5.41) is 0.253. The van der Waals surface area contributed by atoms with E-state index in [2.05, 4.69) is 34.4 Å². The fraction of sp³-hybridized carbons (Fsp3) is 0. The predicted molar refractivity (Wildman–Crippen MR) is 85.7 cm³/mol. The van der Waals surface area contributed by atoms with E-state index >= 15 is 0 Å². The van der Waals surface area contributed by atoms with Gasteiger partial charge >= 0.3 is 0 Å². The van der Waals surface area contributed by atoms with Gasteiger partial charge in [0.15, 0.2) is 0 Å². The minimum Gasteiger partial charge on any atom is -0.278 e. The van der Waals surface area contributed by atoms with Crippen molar-refractivity contribution in [1.82, 2.24) is 4.98 Å². The Morgan fingerprint density at radius 3 is 2.86 bits per heavy atom. The number of nitrogens with one attached hydrogen (secondary N) is 1. The largest absolute Gasteiger partial charge is 0.278 e. The van der Waals surface area contributed by atoms with E-state index in [1.807, 2.05) is 0 Å². The van der Waals surface area contributed by atoms with Crippen molar-refractivity contribution in [1.29, 1.82) is 0 Å². The molecule has 6 nitrogen and oxygen atoms in total. The number of rotatable bonds is 3. The average molecular weight is 406 g/mol. The molecule has 1 aromatic heterocycles. The SMILES string of the molecule is O=S(=O)(Nc1cnc(Cl)c(Br)c1)c1cccc2c1N=S=N2. The number of sulfonamides is 1. The molecule has 21 heavy (non-hydrogen) atoms. The molecular formula is C11H6BrClN4O2S2. The molecule has 0 amide bonds. The smallest absolute Gasteiger partial charge is 0.264 e. The van der Waals surface area contributed by atoms with E-state index in [4.69, 9.17) is 11.6 Å². The molecule has 0 spiro atoms. The van der Waals surface area contributed by atoms with Crippen LogP contribution in [-0.4, -0.2) is 13.4 Å². The minimum absolute atomic E-state index is 0.0693. The molecule has 1 aliphatic heterocycles.